The number of rotatable bonds is 3. The fraction of sp³-hybridized carbons (Fsp3) is 0.350. The molecule has 6 heteroatoms. The van der Waals surface area contributed by atoms with Gasteiger partial charge in [-0.05, 0) is 38.8 Å². The maximum atomic E-state index is 12.9. The summed E-state index contributed by atoms with van der Waals surface area (Å²) in [6.07, 6.45) is 1.78. The number of benzene rings is 1. The molecular formula is C20H22N4O2. The van der Waals surface area contributed by atoms with E-state index in [-0.39, 0.29) is 12.0 Å². The summed E-state index contributed by atoms with van der Waals surface area (Å²) in [6, 6.07) is 11.7. The van der Waals surface area contributed by atoms with Crippen LogP contribution in [0.3, 0.4) is 0 Å². The van der Waals surface area contributed by atoms with Crippen LogP contribution in [-0.4, -0.2) is 45.0 Å². The Hall–Kier alpha value is -2.89. The van der Waals surface area contributed by atoms with E-state index in [1.807, 2.05) is 55.1 Å². The van der Waals surface area contributed by atoms with Gasteiger partial charge in [0.05, 0.1) is 6.54 Å². The Morgan fingerprint density at radius 1 is 1.23 bits per heavy atom. The van der Waals surface area contributed by atoms with Gasteiger partial charge in [0.1, 0.15) is 17.6 Å². The molecule has 1 saturated heterocycles. The highest BCUT2D eigenvalue weighted by Gasteiger charge is 2.27. The summed E-state index contributed by atoms with van der Waals surface area (Å²) in [7, 11) is 0. The zero-order valence-electron chi connectivity index (χ0n) is 15.0. The fourth-order valence-electron chi connectivity index (χ4n) is 3.49. The molecule has 3 heterocycles. The number of ether oxygens (including phenoxy) is 1. The van der Waals surface area contributed by atoms with E-state index in [9.17, 15) is 4.79 Å². The number of para-hydroxylation sites is 1. The predicted octanol–water partition coefficient (Wildman–Crippen LogP) is 3.26. The number of aromatic amines is 1. The molecule has 0 saturated carbocycles. The van der Waals surface area contributed by atoms with Crippen molar-refractivity contribution >= 4 is 16.8 Å². The fourth-order valence-corrected chi connectivity index (χ4v) is 3.49. The number of fused-ring (bicyclic) bond motifs is 1. The van der Waals surface area contributed by atoms with Crippen molar-refractivity contribution in [3.63, 3.8) is 0 Å². The molecule has 134 valence electrons. The van der Waals surface area contributed by atoms with E-state index >= 15 is 0 Å². The summed E-state index contributed by atoms with van der Waals surface area (Å²) in [4.78, 5) is 26.6. The van der Waals surface area contributed by atoms with Crippen LogP contribution in [0.15, 0.2) is 36.4 Å². The van der Waals surface area contributed by atoms with Crippen LogP contribution in [-0.2, 0) is 0 Å². The first-order valence-electron chi connectivity index (χ1n) is 8.94. The smallest absolute Gasteiger partial charge is 0.270 e. The first kappa shape index (κ1) is 16.6. The highest BCUT2D eigenvalue weighted by atomic mass is 16.5. The Labute approximate surface area is 152 Å². The van der Waals surface area contributed by atoms with Gasteiger partial charge in [-0.15, -0.1) is 0 Å². The zero-order valence-corrected chi connectivity index (χ0v) is 15.0. The SMILES string of the molecule is Cc1cc(O[C@@H]2CCCN(C(=O)c3cc4ccccc4[nH]3)C2)nc(C)n1. The third-order valence-electron chi connectivity index (χ3n) is 4.66. The molecule has 1 fully saturated rings. The third-order valence-corrected chi connectivity index (χ3v) is 4.66. The van der Waals surface area contributed by atoms with Gasteiger partial charge in [-0.3, -0.25) is 4.79 Å². The minimum Gasteiger partial charge on any atom is -0.472 e. The topological polar surface area (TPSA) is 71.1 Å². The van der Waals surface area contributed by atoms with Crippen LogP contribution >= 0.6 is 0 Å². The lowest BCUT2D eigenvalue weighted by Gasteiger charge is -2.32. The van der Waals surface area contributed by atoms with E-state index in [4.69, 9.17) is 4.74 Å². The number of aromatic nitrogens is 3. The first-order chi connectivity index (χ1) is 12.6. The Kier molecular flexibility index (Phi) is 4.32. The average molecular weight is 350 g/mol. The molecule has 1 atom stereocenters. The van der Waals surface area contributed by atoms with Gasteiger partial charge in [0, 0.05) is 29.2 Å². The van der Waals surface area contributed by atoms with Crippen LogP contribution in [0.25, 0.3) is 10.9 Å². The quantitative estimate of drug-likeness (QED) is 0.787. The molecule has 26 heavy (non-hydrogen) atoms. The van der Waals surface area contributed by atoms with Gasteiger partial charge in [0.25, 0.3) is 5.91 Å². The van der Waals surface area contributed by atoms with Crippen molar-refractivity contribution in [2.75, 3.05) is 13.1 Å². The van der Waals surface area contributed by atoms with Crippen molar-refractivity contribution in [1.29, 1.82) is 0 Å². The second-order valence-electron chi connectivity index (χ2n) is 6.80. The minimum atomic E-state index is -0.0502. The second-order valence-corrected chi connectivity index (χ2v) is 6.80. The van der Waals surface area contributed by atoms with Crippen molar-refractivity contribution in [3.05, 3.63) is 53.6 Å². The van der Waals surface area contributed by atoms with Crippen LogP contribution in [0.2, 0.25) is 0 Å². The van der Waals surface area contributed by atoms with Crippen molar-refractivity contribution in [3.8, 4) is 5.88 Å². The number of nitrogens with one attached hydrogen (secondary N) is 1. The number of nitrogens with zero attached hydrogens (tertiary/aromatic N) is 3. The normalized spacial score (nSPS) is 17.5. The summed E-state index contributed by atoms with van der Waals surface area (Å²) in [5, 5.41) is 1.05. The molecule has 1 N–H and O–H groups in total. The molecule has 1 aliphatic heterocycles. The predicted molar refractivity (Wildman–Crippen MR) is 99.4 cm³/mol. The number of amides is 1. The molecule has 0 spiro atoms. The van der Waals surface area contributed by atoms with Gasteiger partial charge >= 0.3 is 0 Å². The largest absolute Gasteiger partial charge is 0.472 e. The molecule has 1 aliphatic rings. The summed E-state index contributed by atoms with van der Waals surface area (Å²) < 4.78 is 6.04. The van der Waals surface area contributed by atoms with Gasteiger partial charge < -0.3 is 14.6 Å². The third kappa shape index (κ3) is 3.40. The summed E-state index contributed by atoms with van der Waals surface area (Å²) in [6.45, 7) is 5.09. The zero-order chi connectivity index (χ0) is 18.1. The molecule has 0 radical (unpaired) electrons. The number of H-pyrrole nitrogens is 1. The average Bonchev–Trinajstić information content (AvgIpc) is 3.04. The Morgan fingerprint density at radius 3 is 2.88 bits per heavy atom. The molecule has 2 aromatic heterocycles. The Balaban J connectivity index is 1.48. The Bertz CT molecular complexity index is 897. The molecule has 1 amide bonds. The molecule has 0 bridgehead atoms. The lowest BCUT2D eigenvalue weighted by Crippen LogP contribution is -2.44. The van der Waals surface area contributed by atoms with E-state index in [2.05, 4.69) is 15.0 Å². The summed E-state index contributed by atoms with van der Waals surface area (Å²) in [5.41, 5.74) is 2.49. The van der Waals surface area contributed by atoms with Crippen LogP contribution in [0.1, 0.15) is 34.8 Å². The van der Waals surface area contributed by atoms with E-state index in [0.717, 1.165) is 36.0 Å². The van der Waals surface area contributed by atoms with E-state index in [1.165, 1.54) is 0 Å². The standard InChI is InChI=1S/C20H22N4O2/c1-13-10-19(22-14(2)21-13)26-16-7-5-9-24(12-16)20(25)18-11-15-6-3-4-8-17(15)23-18/h3-4,6,8,10-11,16,23H,5,7,9,12H2,1-2H3/t16-/m1/s1. The lowest BCUT2D eigenvalue weighted by atomic mass is 10.1. The molecule has 0 aliphatic carbocycles. The van der Waals surface area contributed by atoms with Crippen LogP contribution in [0, 0.1) is 13.8 Å². The number of carbonyl (C=O) groups excluding carboxylic acids is 1. The maximum absolute atomic E-state index is 12.9. The number of aryl methyl sites for hydroxylation is 2. The van der Waals surface area contributed by atoms with Gasteiger partial charge in [0.15, 0.2) is 0 Å². The van der Waals surface area contributed by atoms with Crippen LogP contribution < -0.4 is 4.74 Å². The molecule has 0 unspecified atom stereocenters. The summed E-state index contributed by atoms with van der Waals surface area (Å²) >= 11 is 0. The van der Waals surface area contributed by atoms with E-state index < -0.39 is 0 Å². The van der Waals surface area contributed by atoms with Crippen molar-refractivity contribution < 1.29 is 9.53 Å². The molecular weight excluding hydrogens is 328 g/mol. The highest BCUT2D eigenvalue weighted by molar-refractivity contribution is 5.98. The van der Waals surface area contributed by atoms with Crippen LogP contribution in [0.4, 0.5) is 0 Å². The van der Waals surface area contributed by atoms with Gasteiger partial charge in [-0.25, -0.2) is 4.98 Å². The van der Waals surface area contributed by atoms with Crippen molar-refractivity contribution in [2.24, 2.45) is 0 Å². The number of carbonyl (C=O) groups is 1. The van der Waals surface area contributed by atoms with Gasteiger partial charge in [-0.1, -0.05) is 18.2 Å². The number of piperidine rings is 1. The Morgan fingerprint density at radius 2 is 2.08 bits per heavy atom. The second kappa shape index (κ2) is 6.78. The van der Waals surface area contributed by atoms with Crippen molar-refractivity contribution in [1.82, 2.24) is 19.9 Å². The lowest BCUT2D eigenvalue weighted by molar-refractivity contribution is 0.0522. The maximum Gasteiger partial charge on any atom is 0.270 e. The minimum absolute atomic E-state index is 0.0181. The molecule has 6 nitrogen and oxygen atoms in total. The monoisotopic (exact) mass is 350 g/mol. The molecule has 3 aromatic rings. The number of hydrogen-bond donors (Lipinski definition) is 1. The first-order valence-corrected chi connectivity index (χ1v) is 8.94. The molecule has 4 rings (SSSR count). The van der Waals surface area contributed by atoms with E-state index in [0.29, 0.717) is 23.9 Å². The number of hydrogen-bond acceptors (Lipinski definition) is 4. The van der Waals surface area contributed by atoms with Gasteiger partial charge in [-0.2, -0.15) is 4.98 Å². The van der Waals surface area contributed by atoms with Crippen molar-refractivity contribution in [2.45, 2.75) is 32.8 Å². The number of likely N-dealkylation sites (tertiary alicyclic amines) is 1. The van der Waals surface area contributed by atoms with E-state index in [1.54, 1.807) is 0 Å². The summed E-state index contributed by atoms with van der Waals surface area (Å²) in [5.74, 6) is 1.30. The van der Waals surface area contributed by atoms with Gasteiger partial charge in [0.2, 0.25) is 5.88 Å². The molecule has 1 aromatic carbocycles. The highest BCUT2D eigenvalue weighted by Crippen LogP contribution is 2.21. The van der Waals surface area contributed by atoms with Crippen LogP contribution in [0.5, 0.6) is 5.88 Å².